The average molecular weight is 264 g/mol. The maximum atomic E-state index is 12.8. The highest BCUT2D eigenvalue weighted by molar-refractivity contribution is 7.07. The lowest BCUT2D eigenvalue weighted by Crippen LogP contribution is -2.18. The van der Waals surface area contributed by atoms with Gasteiger partial charge in [0.2, 0.25) is 0 Å². The Balaban J connectivity index is 2.41. The first-order valence-corrected chi connectivity index (χ1v) is 6.89. The maximum Gasteiger partial charge on any atom is 0.190 e. The van der Waals surface area contributed by atoms with Crippen molar-refractivity contribution in [3.8, 4) is 0 Å². The number of nitrogens with zero attached hydrogens (tertiary/aromatic N) is 2. The van der Waals surface area contributed by atoms with Gasteiger partial charge in [-0.1, -0.05) is 13.8 Å². The fraction of sp³-hybridized carbons (Fsp3) is 0.357. The molecular formula is C14H17FN2S. The molecule has 0 fully saturated rings. The Labute approximate surface area is 110 Å². The number of benzene rings is 1. The quantitative estimate of drug-likeness (QED) is 0.800. The topological polar surface area (TPSA) is 17.3 Å². The fourth-order valence-corrected chi connectivity index (χ4v) is 2.62. The van der Waals surface area contributed by atoms with Gasteiger partial charge in [0.05, 0.1) is 5.69 Å². The second-order valence-corrected chi connectivity index (χ2v) is 5.59. The number of thiazole rings is 1. The normalized spacial score (nSPS) is 12.4. The molecule has 18 heavy (non-hydrogen) atoms. The van der Waals surface area contributed by atoms with Gasteiger partial charge in [0.1, 0.15) is 5.82 Å². The number of rotatable bonds is 3. The lowest BCUT2D eigenvalue weighted by Gasteiger charge is -2.08. The second kappa shape index (κ2) is 5.48. The van der Waals surface area contributed by atoms with Crippen LogP contribution in [0.15, 0.2) is 34.6 Å². The van der Waals surface area contributed by atoms with E-state index in [-0.39, 0.29) is 5.82 Å². The third-order valence-corrected chi connectivity index (χ3v) is 3.57. The molecule has 0 amide bonds. The summed E-state index contributed by atoms with van der Waals surface area (Å²) in [6, 6.07) is 6.27. The van der Waals surface area contributed by atoms with Gasteiger partial charge in [-0.25, -0.2) is 9.38 Å². The molecule has 0 bridgehead atoms. The molecule has 96 valence electrons. The van der Waals surface area contributed by atoms with Crippen molar-refractivity contribution in [2.75, 3.05) is 0 Å². The SMILES string of the molecule is Cc1csc(=Nc2ccc(F)cc2)n1CC(C)C. The van der Waals surface area contributed by atoms with Gasteiger partial charge in [0.25, 0.3) is 0 Å². The molecule has 0 radical (unpaired) electrons. The molecule has 2 rings (SSSR count). The van der Waals surface area contributed by atoms with Crippen molar-refractivity contribution in [1.82, 2.24) is 4.57 Å². The highest BCUT2D eigenvalue weighted by Gasteiger charge is 2.03. The first kappa shape index (κ1) is 13.0. The van der Waals surface area contributed by atoms with Crippen molar-refractivity contribution in [1.29, 1.82) is 0 Å². The molecule has 1 heterocycles. The zero-order valence-corrected chi connectivity index (χ0v) is 11.7. The summed E-state index contributed by atoms with van der Waals surface area (Å²) >= 11 is 1.62. The van der Waals surface area contributed by atoms with E-state index in [1.54, 1.807) is 23.5 Å². The summed E-state index contributed by atoms with van der Waals surface area (Å²) in [4.78, 5) is 5.54. The van der Waals surface area contributed by atoms with Crippen LogP contribution in [0.4, 0.5) is 10.1 Å². The summed E-state index contributed by atoms with van der Waals surface area (Å²) in [5.41, 5.74) is 2.00. The summed E-state index contributed by atoms with van der Waals surface area (Å²) in [6.07, 6.45) is 0. The maximum absolute atomic E-state index is 12.8. The minimum atomic E-state index is -0.230. The van der Waals surface area contributed by atoms with Gasteiger partial charge < -0.3 is 4.57 Å². The molecule has 0 unspecified atom stereocenters. The standard InChI is InChI=1S/C14H17FN2S/c1-10(2)8-17-11(3)9-18-14(17)16-13-6-4-12(15)5-7-13/h4-7,9-10H,8H2,1-3H3. The third kappa shape index (κ3) is 3.07. The van der Waals surface area contributed by atoms with Gasteiger partial charge in [-0.05, 0) is 37.1 Å². The Kier molecular flexibility index (Phi) is 3.97. The molecule has 4 heteroatoms. The Morgan fingerprint density at radius 3 is 2.56 bits per heavy atom. The lowest BCUT2D eigenvalue weighted by molar-refractivity contribution is 0.506. The molecule has 0 aliphatic heterocycles. The van der Waals surface area contributed by atoms with Gasteiger partial charge in [0.15, 0.2) is 4.80 Å². The number of halogens is 1. The van der Waals surface area contributed by atoms with Crippen LogP contribution in [0.5, 0.6) is 0 Å². The van der Waals surface area contributed by atoms with Gasteiger partial charge in [-0.3, -0.25) is 0 Å². The van der Waals surface area contributed by atoms with Crippen molar-refractivity contribution >= 4 is 17.0 Å². The predicted octanol–water partition coefficient (Wildman–Crippen LogP) is 3.89. The lowest BCUT2D eigenvalue weighted by atomic mass is 10.2. The summed E-state index contributed by atoms with van der Waals surface area (Å²) < 4.78 is 15.0. The summed E-state index contributed by atoms with van der Waals surface area (Å²) in [6.45, 7) is 7.41. The Hall–Kier alpha value is -1.42. The van der Waals surface area contributed by atoms with E-state index in [1.807, 2.05) is 0 Å². The first-order valence-electron chi connectivity index (χ1n) is 6.01. The molecular weight excluding hydrogens is 247 g/mol. The van der Waals surface area contributed by atoms with Crippen LogP contribution in [-0.2, 0) is 6.54 Å². The van der Waals surface area contributed by atoms with Crippen LogP contribution >= 0.6 is 11.3 Å². The van der Waals surface area contributed by atoms with Crippen LogP contribution in [0.2, 0.25) is 0 Å². The van der Waals surface area contributed by atoms with E-state index in [0.29, 0.717) is 5.92 Å². The molecule has 1 aromatic carbocycles. The van der Waals surface area contributed by atoms with E-state index in [2.05, 4.69) is 35.7 Å². The van der Waals surface area contributed by atoms with E-state index >= 15 is 0 Å². The minimum Gasteiger partial charge on any atom is -0.321 e. The van der Waals surface area contributed by atoms with Gasteiger partial charge in [-0.15, -0.1) is 11.3 Å². The van der Waals surface area contributed by atoms with Crippen LogP contribution in [-0.4, -0.2) is 4.57 Å². The molecule has 2 nitrogen and oxygen atoms in total. The Bertz CT molecular complexity index is 579. The fourth-order valence-electron chi connectivity index (χ4n) is 1.72. The monoisotopic (exact) mass is 264 g/mol. The highest BCUT2D eigenvalue weighted by atomic mass is 32.1. The van der Waals surface area contributed by atoms with Gasteiger partial charge >= 0.3 is 0 Å². The average Bonchev–Trinajstić information content (AvgIpc) is 2.64. The second-order valence-electron chi connectivity index (χ2n) is 4.75. The molecule has 0 spiro atoms. The molecule has 0 atom stereocenters. The van der Waals surface area contributed by atoms with E-state index in [9.17, 15) is 4.39 Å². The number of aromatic nitrogens is 1. The van der Waals surface area contributed by atoms with Gasteiger partial charge in [-0.2, -0.15) is 0 Å². The molecule has 1 aromatic heterocycles. The van der Waals surface area contributed by atoms with E-state index in [1.165, 1.54) is 17.8 Å². The number of aryl methyl sites for hydroxylation is 1. The van der Waals surface area contributed by atoms with Crippen molar-refractivity contribution in [3.05, 3.63) is 46.0 Å². The highest BCUT2D eigenvalue weighted by Crippen LogP contribution is 2.12. The van der Waals surface area contributed by atoms with Crippen molar-refractivity contribution in [3.63, 3.8) is 0 Å². The van der Waals surface area contributed by atoms with Crippen LogP contribution in [0.25, 0.3) is 0 Å². The van der Waals surface area contributed by atoms with Gasteiger partial charge in [0, 0.05) is 17.6 Å². The van der Waals surface area contributed by atoms with Crippen LogP contribution in [0, 0.1) is 18.7 Å². The van der Waals surface area contributed by atoms with Crippen LogP contribution < -0.4 is 4.80 Å². The largest absolute Gasteiger partial charge is 0.321 e. The zero-order valence-electron chi connectivity index (χ0n) is 10.9. The Morgan fingerprint density at radius 2 is 1.94 bits per heavy atom. The first-order chi connectivity index (χ1) is 8.56. The molecule has 0 N–H and O–H groups in total. The van der Waals surface area contributed by atoms with Crippen LogP contribution in [0.1, 0.15) is 19.5 Å². The molecule has 0 aliphatic carbocycles. The minimum absolute atomic E-state index is 0.230. The van der Waals surface area contributed by atoms with E-state index in [4.69, 9.17) is 0 Å². The number of hydrogen-bond acceptors (Lipinski definition) is 2. The molecule has 0 aliphatic rings. The smallest absolute Gasteiger partial charge is 0.190 e. The van der Waals surface area contributed by atoms with Crippen molar-refractivity contribution < 1.29 is 4.39 Å². The summed E-state index contributed by atoms with van der Waals surface area (Å²) in [7, 11) is 0. The van der Waals surface area contributed by atoms with E-state index in [0.717, 1.165) is 17.0 Å². The van der Waals surface area contributed by atoms with Crippen molar-refractivity contribution in [2.24, 2.45) is 10.9 Å². The van der Waals surface area contributed by atoms with E-state index < -0.39 is 0 Å². The number of hydrogen-bond donors (Lipinski definition) is 0. The molecule has 0 saturated carbocycles. The predicted molar refractivity (Wildman–Crippen MR) is 73.5 cm³/mol. The van der Waals surface area contributed by atoms with Crippen molar-refractivity contribution in [2.45, 2.75) is 27.3 Å². The van der Waals surface area contributed by atoms with Crippen LogP contribution in [0.3, 0.4) is 0 Å². The zero-order chi connectivity index (χ0) is 13.1. The summed E-state index contributed by atoms with van der Waals surface area (Å²) in [5, 5.41) is 2.10. The Morgan fingerprint density at radius 1 is 1.28 bits per heavy atom. The molecule has 2 aromatic rings. The summed E-state index contributed by atoms with van der Waals surface area (Å²) in [5.74, 6) is 0.344. The molecule has 0 saturated heterocycles. The third-order valence-electron chi connectivity index (χ3n) is 2.59.